The van der Waals surface area contributed by atoms with Crippen molar-refractivity contribution in [3.05, 3.63) is 0 Å². The van der Waals surface area contributed by atoms with E-state index in [1.807, 2.05) is 20.8 Å². The fourth-order valence-corrected chi connectivity index (χ4v) is 1.35. The average molecular weight is 205 g/mol. The van der Waals surface area contributed by atoms with Crippen LogP contribution < -0.4 is 56.5 Å². The number of hydrogen-bond acceptors (Lipinski definition) is 2. The van der Waals surface area contributed by atoms with Crippen LogP contribution in [0.5, 0.6) is 0 Å². The topological polar surface area (TPSA) is 60.2 Å². The molecule has 0 rings (SSSR count). The van der Waals surface area contributed by atoms with E-state index in [-0.39, 0.29) is 64.0 Å². The summed E-state index contributed by atoms with van der Waals surface area (Å²) in [4.78, 5) is 0. The van der Waals surface area contributed by atoms with Crippen molar-refractivity contribution in [2.75, 3.05) is 5.75 Å². The minimum Gasteiger partial charge on any atom is -1.00 e. The van der Waals surface area contributed by atoms with E-state index in [1.165, 1.54) is 0 Å². The molecule has 3 nitrogen and oxygen atoms in total. The summed E-state index contributed by atoms with van der Waals surface area (Å²) in [5, 5.41) is 4.81. The van der Waals surface area contributed by atoms with E-state index in [0.717, 1.165) is 0 Å². The van der Waals surface area contributed by atoms with Crippen LogP contribution in [-0.2, 0) is 10.0 Å². The third-order valence-corrected chi connectivity index (χ3v) is 1.91. The Hall–Kier alpha value is 1.55. The molecular weight excluding hydrogens is 189 g/mol. The zero-order chi connectivity index (χ0) is 8.41. The van der Waals surface area contributed by atoms with Gasteiger partial charge in [0.25, 0.3) is 0 Å². The van der Waals surface area contributed by atoms with E-state index in [9.17, 15) is 8.42 Å². The molecule has 0 aromatic rings. The third kappa shape index (κ3) is 14.4. The van der Waals surface area contributed by atoms with Crippen LogP contribution in [0.2, 0.25) is 0 Å². The van der Waals surface area contributed by atoms with Crippen LogP contribution in [0.1, 0.15) is 28.6 Å². The van der Waals surface area contributed by atoms with Gasteiger partial charge in [0, 0.05) is 0 Å². The molecule has 64 valence electrons. The van der Waals surface area contributed by atoms with Gasteiger partial charge in [-0.05, 0) is 11.8 Å². The summed E-state index contributed by atoms with van der Waals surface area (Å²) in [5.74, 6) is 0.0799. The molecular formula is C6H16KNO2S. The van der Waals surface area contributed by atoms with E-state index in [2.05, 4.69) is 0 Å². The number of hydrogen-bond donors (Lipinski definition) is 1. The zero-order valence-corrected chi connectivity index (χ0v) is 11.7. The fourth-order valence-electron chi connectivity index (χ4n) is 0.448. The van der Waals surface area contributed by atoms with Crippen LogP contribution >= 0.6 is 0 Å². The third-order valence-electron chi connectivity index (χ3n) is 1.14. The van der Waals surface area contributed by atoms with Crippen molar-refractivity contribution >= 4 is 10.0 Å². The monoisotopic (exact) mass is 205 g/mol. The predicted molar refractivity (Wildman–Crippen MR) is 43.2 cm³/mol. The van der Waals surface area contributed by atoms with Gasteiger partial charge >= 0.3 is 51.4 Å². The molecule has 0 aromatic heterocycles. The van der Waals surface area contributed by atoms with Gasteiger partial charge in [-0.1, -0.05) is 20.8 Å². The molecule has 0 heterocycles. The van der Waals surface area contributed by atoms with E-state index < -0.39 is 10.0 Å². The molecule has 0 bridgehead atoms. The van der Waals surface area contributed by atoms with Crippen molar-refractivity contribution in [1.82, 2.24) is 0 Å². The largest absolute Gasteiger partial charge is 1.00 e. The van der Waals surface area contributed by atoms with Crippen molar-refractivity contribution in [3.8, 4) is 0 Å². The number of primary sulfonamides is 1. The minimum atomic E-state index is -3.26. The van der Waals surface area contributed by atoms with Gasteiger partial charge in [0.2, 0.25) is 10.0 Å². The van der Waals surface area contributed by atoms with Gasteiger partial charge in [0.05, 0.1) is 5.75 Å². The van der Waals surface area contributed by atoms with E-state index in [4.69, 9.17) is 5.14 Å². The molecule has 0 fully saturated rings. The molecule has 0 aliphatic carbocycles. The van der Waals surface area contributed by atoms with Crippen LogP contribution in [0, 0.1) is 5.41 Å². The molecule has 0 aliphatic heterocycles. The summed E-state index contributed by atoms with van der Waals surface area (Å²) in [6.45, 7) is 5.95. The molecule has 0 aromatic carbocycles. The van der Waals surface area contributed by atoms with Crippen LogP contribution in [0.15, 0.2) is 0 Å². The van der Waals surface area contributed by atoms with Crippen LogP contribution in [0.3, 0.4) is 0 Å². The van der Waals surface area contributed by atoms with E-state index in [1.54, 1.807) is 0 Å². The molecule has 0 amide bonds. The van der Waals surface area contributed by atoms with Crippen molar-refractivity contribution in [2.45, 2.75) is 27.2 Å². The first-order valence-electron chi connectivity index (χ1n) is 3.21. The van der Waals surface area contributed by atoms with Crippen molar-refractivity contribution in [3.63, 3.8) is 0 Å². The Bertz CT molecular complexity index is 198. The Morgan fingerprint density at radius 2 is 1.73 bits per heavy atom. The summed E-state index contributed by atoms with van der Waals surface area (Å²) < 4.78 is 20.9. The van der Waals surface area contributed by atoms with Gasteiger partial charge in [-0.15, -0.1) is 0 Å². The molecule has 0 unspecified atom stereocenters. The van der Waals surface area contributed by atoms with Gasteiger partial charge in [-0.2, -0.15) is 0 Å². The summed E-state index contributed by atoms with van der Waals surface area (Å²) in [5.41, 5.74) is 0.0481. The molecule has 0 radical (unpaired) electrons. The number of rotatable bonds is 2. The molecule has 0 spiro atoms. The second kappa shape index (κ2) is 5.31. The Labute approximate surface area is 113 Å². The molecule has 5 heteroatoms. The zero-order valence-electron chi connectivity index (χ0n) is 8.72. The average Bonchev–Trinajstić information content (AvgIpc) is 1.57. The number of nitrogens with two attached hydrogens (primary N) is 1. The Kier molecular flexibility index (Phi) is 7.26. The van der Waals surface area contributed by atoms with E-state index >= 15 is 0 Å². The number of sulfonamides is 1. The summed E-state index contributed by atoms with van der Waals surface area (Å²) in [6.07, 6.45) is 0.617. The van der Waals surface area contributed by atoms with Gasteiger partial charge < -0.3 is 1.43 Å². The van der Waals surface area contributed by atoms with E-state index in [0.29, 0.717) is 6.42 Å². The molecule has 0 saturated carbocycles. The SMILES string of the molecule is CC(C)(C)CCS(N)(=O)=O.[H-].[K+]. The maximum atomic E-state index is 10.5. The summed E-state index contributed by atoms with van der Waals surface area (Å²) in [6, 6.07) is 0. The second-order valence-electron chi connectivity index (χ2n) is 3.68. The van der Waals surface area contributed by atoms with Crippen LogP contribution in [-0.4, -0.2) is 14.2 Å². The minimum absolute atomic E-state index is 0. The maximum absolute atomic E-state index is 10.5. The Morgan fingerprint density at radius 1 is 1.36 bits per heavy atom. The van der Waals surface area contributed by atoms with Crippen molar-refractivity contribution < 1.29 is 61.2 Å². The maximum Gasteiger partial charge on any atom is 1.00 e. The molecule has 2 N–H and O–H groups in total. The second-order valence-corrected chi connectivity index (χ2v) is 5.41. The fraction of sp³-hybridized carbons (Fsp3) is 1.00. The molecule has 11 heavy (non-hydrogen) atoms. The van der Waals surface area contributed by atoms with Crippen molar-refractivity contribution in [2.24, 2.45) is 10.6 Å². The van der Waals surface area contributed by atoms with Crippen molar-refractivity contribution in [1.29, 1.82) is 0 Å². The van der Waals surface area contributed by atoms with Gasteiger partial charge in [-0.25, -0.2) is 13.6 Å². The first kappa shape index (κ1) is 15.0. The first-order valence-corrected chi connectivity index (χ1v) is 4.93. The molecule has 0 saturated heterocycles. The van der Waals surface area contributed by atoms with Crippen LogP contribution in [0.25, 0.3) is 0 Å². The summed E-state index contributed by atoms with van der Waals surface area (Å²) in [7, 11) is -3.26. The normalized spacial score (nSPS) is 12.4. The van der Waals surface area contributed by atoms with Crippen LogP contribution in [0.4, 0.5) is 0 Å². The molecule has 0 atom stereocenters. The predicted octanol–water partition coefficient (Wildman–Crippen LogP) is -2.17. The smallest absolute Gasteiger partial charge is 1.00 e. The van der Waals surface area contributed by atoms with Gasteiger partial charge in [0.15, 0.2) is 0 Å². The Morgan fingerprint density at radius 3 is 1.82 bits per heavy atom. The Balaban J connectivity index is -0.000000405. The standard InChI is InChI=1S/C6H15NO2S.K.H/c1-6(2,3)4-5-10(7,8)9;;/h4-5H2,1-3H3,(H2,7,8,9);;/q;+1;-1. The quantitative estimate of drug-likeness (QED) is 0.522. The summed E-state index contributed by atoms with van der Waals surface area (Å²) >= 11 is 0. The first-order chi connectivity index (χ1) is 4.21. The van der Waals surface area contributed by atoms with Gasteiger partial charge in [0.1, 0.15) is 0 Å². The van der Waals surface area contributed by atoms with Gasteiger partial charge in [-0.3, -0.25) is 0 Å². The molecule has 0 aliphatic rings.